The maximum absolute atomic E-state index is 10.9. The first-order valence-corrected chi connectivity index (χ1v) is 8.88. The Balaban J connectivity index is 1.75. The third-order valence-corrected chi connectivity index (χ3v) is 4.69. The van der Waals surface area contributed by atoms with Crippen LogP contribution in [0.2, 0.25) is 0 Å². The van der Waals surface area contributed by atoms with Crippen LogP contribution in [0.3, 0.4) is 0 Å². The number of hydrogen-bond acceptors (Lipinski definition) is 4. The first-order chi connectivity index (χ1) is 11.8. The number of aromatic nitrogens is 1. The lowest BCUT2D eigenvalue weighted by Crippen LogP contribution is -2.10. The van der Waals surface area contributed by atoms with Gasteiger partial charge in [-0.25, -0.2) is 9.78 Å². The summed E-state index contributed by atoms with van der Waals surface area (Å²) in [5.41, 5.74) is 4.52. The Hall–Kier alpha value is -2.66. The number of carbonyl (C=O) groups is 1. The fourth-order valence-electron chi connectivity index (χ4n) is 2.42. The van der Waals surface area contributed by atoms with Crippen molar-refractivity contribution in [1.29, 1.82) is 0 Å². The first kappa shape index (κ1) is 17.2. The van der Waals surface area contributed by atoms with Crippen LogP contribution in [0.25, 0.3) is 11.3 Å². The lowest BCUT2D eigenvalue weighted by molar-refractivity contribution is 0.0697. The van der Waals surface area contributed by atoms with E-state index in [0.29, 0.717) is 0 Å². The average Bonchev–Trinajstić information content (AvgIpc) is 3.03. The third-order valence-electron chi connectivity index (χ3n) is 3.93. The van der Waals surface area contributed by atoms with Gasteiger partial charge in [0, 0.05) is 16.6 Å². The molecule has 1 aromatic heterocycles. The van der Waals surface area contributed by atoms with Crippen molar-refractivity contribution in [2.45, 2.75) is 26.2 Å². The van der Waals surface area contributed by atoms with Crippen LogP contribution in [0.5, 0.6) is 0 Å². The van der Waals surface area contributed by atoms with Crippen LogP contribution in [-0.2, 0) is 5.41 Å². The van der Waals surface area contributed by atoms with Gasteiger partial charge in [-0.05, 0) is 35.2 Å². The summed E-state index contributed by atoms with van der Waals surface area (Å²) in [6.07, 6.45) is 0. The van der Waals surface area contributed by atoms with Gasteiger partial charge >= 0.3 is 5.97 Å². The Labute approximate surface area is 151 Å². The molecule has 0 unspecified atom stereocenters. The zero-order valence-corrected chi connectivity index (χ0v) is 15.2. The summed E-state index contributed by atoms with van der Waals surface area (Å²) >= 11 is 1.52. The summed E-state index contributed by atoms with van der Waals surface area (Å²) in [6.45, 7) is 6.59. The van der Waals surface area contributed by atoms with E-state index in [4.69, 9.17) is 5.11 Å². The molecule has 0 saturated heterocycles. The average molecular weight is 352 g/mol. The molecule has 0 saturated carbocycles. The number of thiazole rings is 1. The molecule has 0 aliphatic rings. The van der Waals surface area contributed by atoms with Crippen molar-refractivity contribution in [3.8, 4) is 11.3 Å². The molecule has 3 aromatic rings. The highest BCUT2D eigenvalue weighted by Gasteiger charge is 2.13. The summed E-state index contributed by atoms with van der Waals surface area (Å²) in [5, 5.41) is 14.9. The minimum absolute atomic E-state index is 0.134. The molecule has 128 valence electrons. The molecule has 4 nitrogen and oxygen atoms in total. The van der Waals surface area contributed by atoms with Gasteiger partial charge in [-0.1, -0.05) is 45.0 Å². The van der Waals surface area contributed by atoms with E-state index in [1.165, 1.54) is 16.9 Å². The van der Waals surface area contributed by atoms with Gasteiger partial charge in [0.25, 0.3) is 0 Å². The highest BCUT2D eigenvalue weighted by atomic mass is 32.1. The summed E-state index contributed by atoms with van der Waals surface area (Å²) in [6, 6.07) is 15.1. The van der Waals surface area contributed by atoms with Crippen LogP contribution in [0.15, 0.2) is 53.9 Å². The largest absolute Gasteiger partial charge is 0.478 e. The zero-order chi connectivity index (χ0) is 18.0. The van der Waals surface area contributed by atoms with Crippen LogP contribution >= 0.6 is 11.3 Å². The summed E-state index contributed by atoms with van der Waals surface area (Å²) in [5.74, 6) is -0.929. The van der Waals surface area contributed by atoms with Crippen LogP contribution < -0.4 is 5.32 Å². The van der Waals surface area contributed by atoms with Crippen LogP contribution in [0.4, 0.5) is 10.8 Å². The number of aromatic carboxylic acids is 1. The van der Waals surface area contributed by atoms with E-state index < -0.39 is 5.97 Å². The standard InChI is InChI=1S/C20H20N2O2S/c1-20(2,3)15-8-4-13(5-9-15)17-12-25-19(22-17)21-16-10-6-14(7-11-16)18(23)24/h4-12H,1-3H3,(H,21,22)(H,23,24). The maximum Gasteiger partial charge on any atom is 0.335 e. The highest BCUT2D eigenvalue weighted by Crippen LogP contribution is 2.29. The monoisotopic (exact) mass is 352 g/mol. The topological polar surface area (TPSA) is 62.2 Å². The minimum Gasteiger partial charge on any atom is -0.478 e. The van der Waals surface area contributed by atoms with Gasteiger partial charge in [0.1, 0.15) is 0 Å². The number of carboxylic acid groups (broad SMARTS) is 1. The smallest absolute Gasteiger partial charge is 0.335 e. The SMILES string of the molecule is CC(C)(C)c1ccc(-c2csc(Nc3ccc(C(=O)O)cc3)n2)cc1. The molecule has 2 N–H and O–H groups in total. The minimum atomic E-state index is -0.929. The molecule has 3 rings (SSSR count). The second-order valence-corrected chi connectivity index (χ2v) is 7.73. The quantitative estimate of drug-likeness (QED) is 0.646. The van der Waals surface area contributed by atoms with Crippen molar-refractivity contribution in [3.05, 3.63) is 65.0 Å². The third kappa shape index (κ3) is 4.06. The van der Waals surface area contributed by atoms with Crippen LogP contribution in [0.1, 0.15) is 36.7 Å². The summed E-state index contributed by atoms with van der Waals surface area (Å²) in [4.78, 5) is 15.5. The van der Waals surface area contributed by atoms with Gasteiger partial charge in [0.2, 0.25) is 0 Å². The fraction of sp³-hybridized carbons (Fsp3) is 0.200. The van der Waals surface area contributed by atoms with Crippen molar-refractivity contribution < 1.29 is 9.90 Å². The molecule has 1 heterocycles. The van der Waals surface area contributed by atoms with Crippen LogP contribution in [-0.4, -0.2) is 16.1 Å². The van der Waals surface area contributed by atoms with E-state index in [1.54, 1.807) is 24.3 Å². The highest BCUT2D eigenvalue weighted by molar-refractivity contribution is 7.14. The normalized spacial score (nSPS) is 11.3. The lowest BCUT2D eigenvalue weighted by atomic mass is 9.86. The molecule has 25 heavy (non-hydrogen) atoms. The predicted octanol–water partition coefficient (Wildman–Crippen LogP) is 5.55. The van der Waals surface area contributed by atoms with E-state index in [2.05, 4.69) is 55.3 Å². The number of rotatable bonds is 4. The zero-order valence-electron chi connectivity index (χ0n) is 14.4. The molecular weight excluding hydrogens is 332 g/mol. The van der Waals surface area contributed by atoms with Crippen LogP contribution in [0, 0.1) is 0 Å². The van der Waals surface area contributed by atoms with E-state index in [1.807, 2.05) is 5.38 Å². The van der Waals surface area contributed by atoms with Crippen molar-refractivity contribution >= 4 is 28.1 Å². The summed E-state index contributed by atoms with van der Waals surface area (Å²) < 4.78 is 0. The van der Waals surface area contributed by atoms with Crippen molar-refractivity contribution in [3.63, 3.8) is 0 Å². The number of benzene rings is 2. The second kappa shape index (κ2) is 6.69. The van der Waals surface area contributed by atoms with Gasteiger partial charge in [0.05, 0.1) is 11.3 Å². The lowest BCUT2D eigenvalue weighted by Gasteiger charge is -2.18. The van der Waals surface area contributed by atoms with E-state index in [0.717, 1.165) is 22.1 Å². The van der Waals surface area contributed by atoms with Gasteiger partial charge < -0.3 is 10.4 Å². The molecule has 0 aliphatic carbocycles. The molecule has 0 spiro atoms. The molecular formula is C20H20N2O2S. The van der Waals surface area contributed by atoms with Crippen molar-refractivity contribution in [1.82, 2.24) is 4.98 Å². The van der Waals surface area contributed by atoms with Crippen molar-refractivity contribution in [2.75, 3.05) is 5.32 Å². The molecule has 2 aromatic carbocycles. The molecule has 5 heteroatoms. The molecule has 0 bridgehead atoms. The second-order valence-electron chi connectivity index (χ2n) is 6.87. The molecule has 0 atom stereocenters. The van der Waals surface area contributed by atoms with E-state index >= 15 is 0 Å². The van der Waals surface area contributed by atoms with Crippen molar-refractivity contribution in [2.24, 2.45) is 0 Å². The number of hydrogen-bond donors (Lipinski definition) is 2. The Kier molecular flexibility index (Phi) is 4.59. The van der Waals surface area contributed by atoms with Gasteiger partial charge in [-0.15, -0.1) is 11.3 Å². The van der Waals surface area contributed by atoms with Gasteiger partial charge in [-0.2, -0.15) is 0 Å². The first-order valence-electron chi connectivity index (χ1n) is 8.00. The number of carboxylic acids is 1. The number of anilines is 2. The fourth-order valence-corrected chi connectivity index (χ4v) is 3.16. The Morgan fingerprint density at radius 1 is 1.04 bits per heavy atom. The Morgan fingerprint density at radius 3 is 2.24 bits per heavy atom. The maximum atomic E-state index is 10.9. The Bertz CT molecular complexity index is 875. The molecule has 0 aliphatic heterocycles. The summed E-state index contributed by atoms with van der Waals surface area (Å²) in [7, 11) is 0. The van der Waals surface area contributed by atoms with Gasteiger partial charge in [0.15, 0.2) is 5.13 Å². The molecule has 0 fully saturated rings. The van der Waals surface area contributed by atoms with Gasteiger partial charge in [-0.3, -0.25) is 0 Å². The van der Waals surface area contributed by atoms with E-state index in [-0.39, 0.29) is 11.0 Å². The number of nitrogens with one attached hydrogen (secondary N) is 1. The molecule has 0 radical (unpaired) electrons. The predicted molar refractivity (Wildman–Crippen MR) is 103 cm³/mol. The Morgan fingerprint density at radius 2 is 1.68 bits per heavy atom. The van der Waals surface area contributed by atoms with E-state index in [9.17, 15) is 4.79 Å². The number of nitrogens with zero attached hydrogens (tertiary/aromatic N) is 1. The molecule has 0 amide bonds.